The number of carbonyl (C=O) groups excluding carboxylic acids is 1. The Morgan fingerprint density at radius 2 is 2.08 bits per heavy atom. The van der Waals surface area contributed by atoms with E-state index in [4.69, 9.17) is 0 Å². The van der Waals surface area contributed by atoms with E-state index in [1.807, 2.05) is 25.6 Å². The number of hydrogen-bond acceptors (Lipinski definition) is 2. The molecule has 0 amide bonds. The summed E-state index contributed by atoms with van der Waals surface area (Å²) in [6.45, 7) is 4.00. The van der Waals surface area contributed by atoms with E-state index in [-0.39, 0.29) is 5.41 Å². The molecule has 1 aliphatic carbocycles. The van der Waals surface area contributed by atoms with Crippen molar-refractivity contribution in [2.24, 2.45) is 7.05 Å². The van der Waals surface area contributed by atoms with Crippen LogP contribution >= 0.6 is 0 Å². The van der Waals surface area contributed by atoms with Crippen molar-refractivity contribution >= 4 is 6.29 Å². The van der Waals surface area contributed by atoms with Gasteiger partial charge >= 0.3 is 0 Å². The van der Waals surface area contributed by atoms with Crippen LogP contribution in [-0.4, -0.2) is 16.1 Å². The van der Waals surface area contributed by atoms with Crippen molar-refractivity contribution in [1.29, 1.82) is 0 Å². The fourth-order valence-corrected chi connectivity index (χ4v) is 2.06. The summed E-state index contributed by atoms with van der Waals surface area (Å²) in [5, 5.41) is 4.32. The molecule has 0 unspecified atom stereocenters. The Labute approximate surface area is 77.7 Å². The zero-order valence-electron chi connectivity index (χ0n) is 8.29. The third kappa shape index (κ3) is 1.03. The van der Waals surface area contributed by atoms with Crippen LogP contribution in [0.1, 0.15) is 29.8 Å². The first-order chi connectivity index (χ1) is 6.10. The minimum absolute atomic E-state index is 0.178. The van der Waals surface area contributed by atoms with Crippen LogP contribution in [0.2, 0.25) is 0 Å². The lowest BCUT2D eigenvalue weighted by Gasteiger charge is -2.06. The normalized spacial score (nSPS) is 18.7. The van der Waals surface area contributed by atoms with Crippen LogP contribution in [-0.2, 0) is 17.3 Å². The van der Waals surface area contributed by atoms with E-state index in [1.54, 1.807) is 0 Å². The second-order valence-corrected chi connectivity index (χ2v) is 3.94. The molecule has 0 spiro atoms. The number of aldehydes is 1. The van der Waals surface area contributed by atoms with Crippen molar-refractivity contribution in [3.63, 3.8) is 0 Å². The smallest absolute Gasteiger partial charge is 0.130 e. The van der Waals surface area contributed by atoms with Crippen LogP contribution in [0.4, 0.5) is 0 Å². The Bertz CT molecular complexity index is 361. The molecule has 0 bridgehead atoms. The molecule has 0 aromatic carbocycles. The molecule has 1 fully saturated rings. The molecule has 2 rings (SSSR count). The van der Waals surface area contributed by atoms with E-state index >= 15 is 0 Å². The SMILES string of the molecule is Cc1nn(C)c(C)c1C1(C=O)CC1. The molecule has 3 heteroatoms. The first kappa shape index (κ1) is 8.48. The number of nitrogens with zero attached hydrogens (tertiary/aromatic N) is 2. The van der Waals surface area contributed by atoms with E-state index in [1.165, 1.54) is 0 Å². The van der Waals surface area contributed by atoms with Crippen LogP contribution in [0.5, 0.6) is 0 Å². The Kier molecular flexibility index (Phi) is 1.59. The van der Waals surface area contributed by atoms with E-state index in [9.17, 15) is 4.79 Å². The highest BCUT2D eigenvalue weighted by Gasteiger charge is 2.47. The summed E-state index contributed by atoms with van der Waals surface area (Å²) >= 11 is 0. The Morgan fingerprint density at radius 1 is 1.46 bits per heavy atom. The van der Waals surface area contributed by atoms with Crippen LogP contribution in [0.25, 0.3) is 0 Å². The van der Waals surface area contributed by atoms with E-state index in [0.717, 1.165) is 36.1 Å². The van der Waals surface area contributed by atoms with Gasteiger partial charge in [-0.2, -0.15) is 5.10 Å². The molecule has 3 nitrogen and oxygen atoms in total. The van der Waals surface area contributed by atoms with Gasteiger partial charge in [-0.15, -0.1) is 0 Å². The fourth-order valence-electron chi connectivity index (χ4n) is 2.06. The highest BCUT2D eigenvalue weighted by molar-refractivity contribution is 5.74. The average molecular weight is 178 g/mol. The van der Waals surface area contributed by atoms with E-state index < -0.39 is 0 Å². The van der Waals surface area contributed by atoms with E-state index in [0.29, 0.717) is 0 Å². The van der Waals surface area contributed by atoms with Gasteiger partial charge in [0.15, 0.2) is 0 Å². The molecule has 70 valence electrons. The van der Waals surface area contributed by atoms with E-state index in [2.05, 4.69) is 5.10 Å². The van der Waals surface area contributed by atoms with Crippen LogP contribution < -0.4 is 0 Å². The highest BCUT2D eigenvalue weighted by Crippen LogP contribution is 2.48. The molecule has 0 aliphatic heterocycles. The molecular formula is C10H14N2O. The van der Waals surface area contributed by atoms with Gasteiger partial charge in [-0.1, -0.05) is 0 Å². The number of carbonyl (C=O) groups is 1. The molecule has 1 aromatic heterocycles. The first-order valence-corrected chi connectivity index (χ1v) is 4.58. The van der Waals surface area contributed by atoms with Crippen molar-refractivity contribution < 1.29 is 4.79 Å². The lowest BCUT2D eigenvalue weighted by Crippen LogP contribution is -2.10. The fraction of sp³-hybridized carbons (Fsp3) is 0.600. The lowest BCUT2D eigenvalue weighted by atomic mass is 9.96. The molecular weight excluding hydrogens is 164 g/mol. The first-order valence-electron chi connectivity index (χ1n) is 4.58. The maximum absolute atomic E-state index is 11.0. The van der Waals surface area contributed by atoms with Crippen molar-refractivity contribution in [2.75, 3.05) is 0 Å². The van der Waals surface area contributed by atoms with Crippen molar-refractivity contribution in [3.05, 3.63) is 17.0 Å². The van der Waals surface area contributed by atoms with Gasteiger partial charge in [0.2, 0.25) is 0 Å². The van der Waals surface area contributed by atoms with Crippen molar-refractivity contribution in [2.45, 2.75) is 32.1 Å². The van der Waals surface area contributed by atoms with Gasteiger partial charge in [-0.25, -0.2) is 0 Å². The van der Waals surface area contributed by atoms with Gasteiger partial charge in [0.05, 0.1) is 11.1 Å². The summed E-state index contributed by atoms with van der Waals surface area (Å²) in [6, 6.07) is 0. The largest absolute Gasteiger partial charge is 0.302 e. The number of hydrogen-bond donors (Lipinski definition) is 0. The summed E-state index contributed by atoms with van der Waals surface area (Å²) < 4.78 is 1.86. The van der Waals surface area contributed by atoms with Gasteiger partial charge in [0.1, 0.15) is 6.29 Å². The molecule has 0 atom stereocenters. The number of rotatable bonds is 2. The quantitative estimate of drug-likeness (QED) is 0.639. The molecule has 1 saturated carbocycles. The van der Waals surface area contributed by atoms with Gasteiger partial charge < -0.3 is 4.79 Å². The Morgan fingerprint density at radius 3 is 2.38 bits per heavy atom. The van der Waals surface area contributed by atoms with Crippen LogP contribution in [0.3, 0.4) is 0 Å². The molecule has 1 heterocycles. The zero-order valence-corrected chi connectivity index (χ0v) is 8.29. The zero-order chi connectivity index (χ0) is 9.64. The molecule has 0 radical (unpaired) electrons. The Hall–Kier alpha value is -1.12. The predicted molar refractivity (Wildman–Crippen MR) is 49.7 cm³/mol. The summed E-state index contributed by atoms with van der Waals surface area (Å²) in [5.74, 6) is 0. The summed E-state index contributed by atoms with van der Waals surface area (Å²) in [7, 11) is 1.92. The second kappa shape index (κ2) is 2.44. The number of aryl methyl sites for hydroxylation is 2. The van der Waals surface area contributed by atoms with Gasteiger partial charge in [0.25, 0.3) is 0 Å². The minimum Gasteiger partial charge on any atom is -0.302 e. The minimum atomic E-state index is -0.178. The number of aromatic nitrogens is 2. The standard InChI is InChI=1S/C10H14N2O/c1-7-9(8(2)12(3)11-7)10(6-13)4-5-10/h6H,4-5H2,1-3H3. The van der Waals surface area contributed by atoms with Gasteiger partial charge in [-0.3, -0.25) is 4.68 Å². The van der Waals surface area contributed by atoms with Gasteiger partial charge in [0, 0.05) is 18.3 Å². The summed E-state index contributed by atoms with van der Waals surface area (Å²) in [5.41, 5.74) is 3.11. The highest BCUT2D eigenvalue weighted by atomic mass is 16.1. The molecule has 13 heavy (non-hydrogen) atoms. The molecule has 0 N–H and O–H groups in total. The summed E-state index contributed by atoms with van der Waals surface area (Å²) in [4.78, 5) is 11.0. The third-order valence-electron chi connectivity index (χ3n) is 3.02. The monoisotopic (exact) mass is 178 g/mol. The summed E-state index contributed by atoms with van der Waals surface area (Å²) in [6.07, 6.45) is 3.07. The maximum Gasteiger partial charge on any atom is 0.130 e. The lowest BCUT2D eigenvalue weighted by molar-refractivity contribution is -0.109. The molecule has 1 aromatic rings. The average Bonchev–Trinajstić information content (AvgIpc) is 2.81. The van der Waals surface area contributed by atoms with Crippen molar-refractivity contribution in [3.8, 4) is 0 Å². The van der Waals surface area contributed by atoms with Crippen molar-refractivity contribution in [1.82, 2.24) is 9.78 Å². The second-order valence-electron chi connectivity index (χ2n) is 3.94. The topological polar surface area (TPSA) is 34.9 Å². The predicted octanol–water partition coefficient (Wildman–Crippen LogP) is 1.27. The Balaban J connectivity index is 2.56. The van der Waals surface area contributed by atoms with Crippen LogP contribution in [0.15, 0.2) is 0 Å². The maximum atomic E-state index is 11.0. The van der Waals surface area contributed by atoms with Gasteiger partial charge in [-0.05, 0) is 26.7 Å². The molecule has 1 aliphatic rings. The molecule has 0 saturated heterocycles. The third-order valence-corrected chi connectivity index (χ3v) is 3.02. The van der Waals surface area contributed by atoms with Crippen LogP contribution in [0, 0.1) is 13.8 Å².